The predicted octanol–water partition coefficient (Wildman–Crippen LogP) is 3.47. The van der Waals surface area contributed by atoms with E-state index in [0.717, 1.165) is 30.9 Å². The molecule has 0 saturated carbocycles. The zero-order valence-electron chi connectivity index (χ0n) is 14.2. The molecule has 0 fully saturated rings. The van der Waals surface area contributed by atoms with Gasteiger partial charge in [-0.25, -0.2) is 4.98 Å². The Balaban J connectivity index is 2.14. The number of ether oxygens (including phenoxy) is 2. The summed E-state index contributed by atoms with van der Waals surface area (Å²) < 4.78 is 10.6. The lowest BCUT2D eigenvalue weighted by atomic mass is 10.2. The lowest BCUT2D eigenvalue weighted by molar-refractivity contribution is 0.355. The van der Waals surface area contributed by atoms with Crippen LogP contribution in [-0.2, 0) is 0 Å². The van der Waals surface area contributed by atoms with E-state index in [9.17, 15) is 0 Å². The first-order valence-corrected chi connectivity index (χ1v) is 7.71. The number of anilines is 3. The fraction of sp³-hybridized carbons (Fsp3) is 0.412. The molecule has 0 unspecified atom stereocenters. The van der Waals surface area contributed by atoms with E-state index >= 15 is 0 Å². The molecule has 0 atom stereocenters. The van der Waals surface area contributed by atoms with E-state index in [2.05, 4.69) is 27.1 Å². The number of unbranched alkanes of at least 4 members (excludes halogenated alkanes) is 1. The van der Waals surface area contributed by atoms with E-state index in [4.69, 9.17) is 9.47 Å². The topological polar surface area (TPSA) is 59.5 Å². The Hall–Kier alpha value is -2.50. The summed E-state index contributed by atoms with van der Waals surface area (Å²) in [4.78, 5) is 10.9. The van der Waals surface area contributed by atoms with E-state index in [1.807, 2.05) is 31.3 Å². The molecule has 23 heavy (non-hydrogen) atoms. The van der Waals surface area contributed by atoms with Crippen LogP contribution in [0.15, 0.2) is 30.5 Å². The van der Waals surface area contributed by atoms with Crippen molar-refractivity contribution in [1.29, 1.82) is 0 Å². The molecule has 2 rings (SSSR count). The van der Waals surface area contributed by atoms with Crippen LogP contribution in [0.25, 0.3) is 0 Å². The van der Waals surface area contributed by atoms with Crippen molar-refractivity contribution in [2.75, 3.05) is 38.0 Å². The molecule has 124 valence electrons. The Kier molecular flexibility index (Phi) is 6.02. The van der Waals surface area contributed by atoms with E-state index in [-0.39, 0.29) is 0 Å². The number of benzene rings is 1. The van der Waals surface area contributed by atoms with Crippen LogP contribution in [0.1, 0.15) is 19.8 Å². The van der Waals surface area contributed by atoms with Crippen LogP contribution in [0.5, 0.6) is 11.5 Å². The molecular weight excluding hydrogens is 292 g/mol. The molecule has 0 aliphatic carbocycles. The summed E-state index contributed by atoms with van der Waals surface area (Å²) in [5.74, 6) is 2.82. The van der Waals surface area contributed by atoms with Gasteiger partial charge in [-0.3, -0.25) is 0 Å². The molecule has 1 aromatic carbocycles. The average Bonchev–Trinajstić information content (AvgIpc) is 2.59. The highest BCUT2D eigenvalue weighted by atomic mass is 16.5. The number of rotatable bonds is 8. The van der Waals surface area contributed by atoms with Gasteiger partial charge in [-0.15, -0.1) is 0 Å². The minimum atomic E-state index is 0.673. The van der Waals surface area contributed by atoms with E-state index in [1.165, 1.54) is 0 Å². The Labute approximate surface area is 137 Å². The molecule has 6 heteroatoms. The van der Waals surface area contributed by atoms with Crippen LogP contribution in [0, 0.1) is 0 Å². The highest BCUT2D eigenvalue weighted by Crippen LogP contribution is 2.30. The number of nitrogens with one attached hydrogen (secondary N) is 1. The van der Waals surface area contributed by atoms with E-state index in [0.29, 0.717) is 17.4 Å². The van der Waals surface area contributed by atoms with Gasteiger partial charge in [0.2, 0.25) is 5.95 Å². The fourth-order valence-electron chi connectivity index (χ4n) is 2.16. The first kappa shape index (κ1) is 16.9. The summed E-state index contributed by atoms with van der Waals surface area (Å²) >= 11 is 0. The predicted molar refractivity (Wildman–Crippen MR) is 93.0 cm³/mol. The summed E-state index contributed by atoms with van der Waals surface area (Å²) in [6.07, 6.45) is 4.02. The lowest BCUT2D eigenvalue weighted by Gasteiger charge is -2.17. The molecule has 0 aliphatic rings. The lowest BCUT2D eigenvalue weighted by Crippen LogP contribution is -2.21. The van der Waals surface area contributed by atoms with Gasteiger partial charge in [0.1, 0.15) is 5.82 Å². The molecule has 1 heterocycles. The molecule has 0 amide bonds. The third kappa shape index (κ3) is 4.48. The van der Waals surface area contributed by atoms with Gasteiger partial charge in [0.05, 0.1) is 14.2 Å². The van der Waals surface area contributed by atoms with Gasteiger partial charge in [-0.2, -0.15) is 4.98 Å². The van der Waals surface area contributed by atoms with Gasteiger partial charge >= 0.3 is 0 Å². The van der Waals surface area contributed by atoms with E-state index < -0.39 is 0 Å². The van der Waals surface area contributed by atoms with Gasteiger partial charge in [0.15, 0.2) is 11.5 Å². The van der Waals surface area contributed by atoms with Gasteiger partial charge in [-0.05, 0) is 24.6 Å². The van der Waals surface area contributed by atoms with Crippen molar-refractivity contribution in [3.63, 3.8) is 0 Å². The van der Waals surface area contributed by atoms with Crippen LogP contribution in [-0.4, -0.2) is 37.8 Å². The van der Waals surface area contributed by atoms with Crippen molar-refractivity contribution in [3.05, 3.63) is 30.5 Å². The summed E-state index contributed by atoms with van der Waals surface area (Å²) in [6, 6.07) is 7.50. The highest BCUT2D eigenvalue weighted by Gasteiger charge is 2.07. The zero-order chi connectivity index (χ0) is 16.7. The molecule has 6 nitrogen and oxygen atoms in total. The maximum Gasteiger partial charge on any atom is 0.227 e. The van der Waals surface area contributed by atoms with Gasteiger partial charge < -0.3 is 19.7 Å². The summed E-state index contributed by atoms with van der Waals surface area (Å²) in [5.41, 5.74) is 0.878. The van der Waals surface area contributed by atoms with Gasteiger partial charge in [0, 0.05) is 31.5 Å². The van der Waals surface area contributed by atoms with Gasteiger partial charge in [-0.1, -0.05) is 13.3 Å². The number of hydrogen-bond donors (Lipinski definition) is 1. The van der Waals surface area contributed by atoms with Crippen molar-refractivity contribution in [3.8, 4) is 11.5 Å². The number of methoxy groups -OCH3 is 2. The van der Waals surface area contributed by atoms with Crippen molar-refractivity contribution in [2.24, 2.45) is 0 Å². The quantitative estimate of drug-likeness (QED) is 0.804. The van der Waals surface area contributed by atoms with Crippen LogP contribution in [0.3, 0.4) is 0 Å². The highest BCUT2D eigenvalue weighted by molar-refractivity contribution is 5.61. The molecule has 0 radical (unpaired) electrons. The number of nitrogens with zero attached hydrogens (tertiary/aromatic N) is 3. The third-order valence-corrected chi connectivity index (χ3v) is 3.49. The van der Waals surface area contributed by atoms with Crippen molar-refractivity contribution in [1.82, 2.24) is 9.97 Å². The summed E-state index contributed by atoms with van der Waals surface area (Å²) in [5, 5.41) is 3.27. The largest absolute Gasteiger partial charge is 0.493 e. The van der Waals surface area contributed by atoms with E-state index in [1.54, 1.807) is 20.4 Å². The summed E-state index contributed by atoms with van der Waals surface area (Å²) in [7, 11) is 5.24. The van der Waals surface area contributed by atoms with Crippen molar-refractivity contribution in [2.45, 2.75) is 19.8 Å². The zero-order valence-corrected chi connectivity index (χ0v) is 14.2. The first-order chi connectivity index (χ1) is 11.2. The van der Waals surface area contributed by atoms with Crippen molar-refractivity contribution >= 4 is 17.5 Å². The molecule has 0 spiro atoms. The van der Waals surface area contributed by atoms with Crippen LogP contribution in [0.2, 0.25) is 0 Å². The molecule has 0 saturated heterocycles. The molecule has 0 bridgehead atoms. The average molecular weight is 316 g/mol. The fourth-order valence-corrected chi connectivity index (χ4v) is 2.16. The molecular formula is C17H24N4O2. The monoisotopic (exact) mass is 316 g/mol. The molecule has 2 aromatic rings. The smallest absolute Gasteiger partial charge is 0.227 e. The van der Waals surface area contributed by atoms with Crippen LogP contribution < -0.4 is 19.7 Å². The standard InChI is InChI=1S/C17H24N4O2/c1-5-6-11-21(2)17-18-10-9-16(20-17)19-13-7-8-14(22-3)15(12-13)23-4/h7-10,12H,5-6,11H2,1-4H3,(H,18,19,20). The Morgan fingerprint density at radius 1 is 1.13 bits per heavy atom. The summed E-state index contributed by atoms with van der Waals surface area (Å²) in [6.45, 7) is 3.11. The maximum absolute atomic E-state index is 5.31. The maximum atomic E-state index is 5.31. The Bertz CT molecular complexity index is 634. The number of hydrogen-bond acceptors (Lipinski definition) is 6. The number of aromatic nitrogens is 2. The second-order valence-corrected chi connectivity index (χ2v) is 5.21. The van der Waals surface area contributed by atoms with Crippen molar-refractivity contribution < 1.29 is 9.47 Å². The minimum Gasteiger partial charge on any atom is -0.493 e. The normalized spacial score (nSPS) is 10.3. The second kappa shape index (κ2) is 8.22. The Morgan fingerprint density at radius 3 is 2.61 bits per heavy atom. The minimum absolute atomic E-state index is 0.673. The Morgan fingerprint density at radius 2 is 1.91 bits per heavy atom. The van der Waals surface area contributed by atoms with Crippen LogP contribution >= 0.6 is 0 Å². The molecule has 1 N–H and O–H groups in total. The molecule has 1 aromatic heterocycles. The molecule has 0 aliphatic heterocycles. The van der Waals surface area contributed by atoms with Crippen LogP contribution in [0.4, 0.5) is 17.5 Å². The SMILES string of the molecule is CCCCN(C)c1nccc(Nc2ccc(OC)c(OC)c2)n1. The first-order valence-electron chi connectivity index (χ1n) is 7.71. The third-order valence-electron chi connectivity index (χ3n) is 3.49. The second-order valence-electron chi connectivity index (χ2n) is 5.21. The van der Waals surface area contributed by atoms with Gasteiger partial charge in [0.25, 0.3) is 0 Å².